The van der Waals surface area contributed by atoms with Crippen LogP contribution in [0.5, 0.6) is 0 Å². The second kappa shape index (κ2) is 3.44. The van der Waals surface area contributed by atoms with E-state index in [4.69, 9.17) is 10.8 Å². The van der Waals surface area contributed by atoms with Crippen molar-refractivity contribution in [1.82, 2.24) is 15.2 Å². The van der Waals surface area contributed by atoms with E-state index in [1.165, 1.54) is 0 Å². The number of nitrogens with zero attached hydrogens (tertiary/aromatic N) is 2. The van der Waals surface area contributed by atoms with Crippen molar-refractivity contribution in [2.24, 2.45) is 0 Å². The molecule has 0 saturated heterocycles. The lowest BCUT2D eigenvalue weighted by molar-refractivity contribution is -0.136. The van der Waals surface area contributed by atoms with E-state index in [0.29, 0.717) is 5.16 Å². The Bertz CT molecular complexity index is 287. The fourth-order valence-electron chi connectivity index (χ4n) is 0.519. The number of hydrogen-bond acceptors (Lipinski definition) is 5. The van der Waals surface area contributed by atoms with Gasteiger partial charge in [-0.2, -0.15) is 4.98 Å². The van der Waals surface area contributed by atoms with Gasteiger partial charge in [-0.05, 0) is 6.92 Å². The lowest BCUT2D eigenvalue weighted by Gasteiger charge is -1.99. The van der Waals surface area contributed by atoms with Crippen molar-refractivity contribution < 1.29 is 9.90 Å². The zero-order chi connectivity index (χ0) is 9.14. The Labute approximate surface area is 72.6 Å². The van der Waals surface area contributed by atoms with Crippen molar-refractivity contribution in [2.45, 2.75) is 17.3 Å². The number of aromatic amines is 1. The first-order chi connectivity index (χ1) is 5.59. The molecule has 0 bridgehead atoms. The number of aliphatic carboxylic acids is 1. The lowest BCUT2D eigenvalue weighted by atomic mass is 10.5. The van der Waals surface area contributed by atoms with E-state index >= 15 is 0 Å². The summed E-state index contributed by atoms with van der Waals surface area (Å²) in [6, 6.07) is 0. The van der Waals surface area contributed by atoms with Crippen LogP contribution in [0.2, 0.25) is 0 Å². The SMILES string of the molecule is CC(Sc1n[nH]c(N)n1)C(=O)O. The van der Waals surface area contributed by atoms with Crippen LogP contribution in [-0.4, -0.2) is 31.5 Å². The predicted molar refractivity (Wildman–Crippen MR) is 43.7 cm³/mol. The first kappa shape index (κ1) is 8.85. The Morgan fingerprint density at radius 3 is 2.92 bits per heavy atom. The second-order valence-corrected chi connectivity index (χ2v) is 3.41. The van der Waals surface area contributed by atoms with Crippen LogP contribution in [0.4, 0.5) is 5.95 Å². The molecule has 1 unspecified atom stereocenters. The molecule has 1 heterocycles. The molecule has 1 atom stereocenters. The van der Waals surface area contributed by atoms with Crippen LogP contribution in [-0.2, 0) is 4.79 Å². The summed E-state index contributed by atoms with van der Waals surface area (Å²) in [4.78, 5) is 14.1. The van der Waals surface area contributed by atoms with Gasteiger partial charge in [0.1, 0.15) is 5.25 Å². The van der Waals surface area contributed by atoms with E-state index in [0.717, 1.165) is 11.8 Å². The molecule has 1 rings (SSSR count). The highest BCUT2D eigenvalue weighted by Crippen LogP contribution is 2.18. The number of nitrogen functional groups attached to an aromatic ring is 1. The smallest absolute Gasteiger partial charge is 0.316 e. The number of carboxylic acids is 1. The van der Waals surface area contributed by atoms with Gasteiger partial charge < -0.3 is 10.8 Å². The molecular weight excluding hydrogens is 180 g/mol. The molecule has 1 aromatic heterocycles. The van der Waals surface area contributed by atoms with Gasteiger partial charge in [-0.25, -0.2) is 5.10 Å². The van der Waals surface area contributed by atoms with Crippen LogP contribution in [0.1, 0.15) is 6.92 Å². The quantitative estimate of drug-likeness (QED) is 0.574. The van der Waals surface area contributed by atoms with E-state index < -0.39 is 11.2 Å². The van der Waals surface area contributed by atoms with Crippen molar-refractivity contribution in [2.75, 3.05) is 5.73 Å². The normalized spacial score (nSPS) is 12.8. The predicted octanol–water partition coefficient (Wildman–Crippen LogP) is -0.0479. The summed E-state index contributed by atoms with van der Waals surface area (Å²) < 4.78 is 0. The van der Waals surface area contributed by atoms with Gasteiger partial charge in [-0.1, -0.05) is 11.8 Å². The molecule has 6 nitrogen and oxygen atoms in total. The summed E-state index contributed by atoms with van der Waals surface area (Å²) in [5.41, 5.74) is 5.24. The molecule has 0 spiro atoms. The van der Waals surface area contributed by atoms with Gasteiger partial charge in [0.15, 0.2) is 0 Å². The Balaban J connectivity index is 2.58. The van der Waals surface area contributed by atoms with Gasteiger partial charge in [-0.3, -0.25) is 4.79 Å². The summed E-state index contributed by atoms with van der Waals surface area (Å²) >= 11 is 1.04. The molecule has 4 N–H and O–H groups in total. The average molecular weight is 188 g/mol. The fourth-order valence-corrected chi connectivity index (χ4v) is 1.19. The number of aromatic nitrogens is 3. The highest BCUT2D eigenvalue weighted by Gasteiger charge is 2.14. The van der Waals surface area contributed by atoms with Gasteiger partial charge in [0, 0.05) is 0 Å². The van der Waals surface area contributed by atoms with E-state index in [1.54, 1.807) is 6.92 Å². The van der Waals surface area contributed by atoms with Crippen molar-refractivity contribution in [1.29, 1.82) is 0 Å². The maximum absolute atomic E-state index is 10.4. The molecule has 0 aliphatic rings. The topological polar surface area (TPSA) is 105 Å². The molecule has 0 amide bonds. The third-order valence-electron chi connectivity index (χ3n) is 1.11. The van der Waals surface area contributed by atoms with E-state index in [-0.39, 0.29) is 5.95 Å². The first-order valence-corrected chi connectivity index (χ1v) is 4.05. The molecule has 0 radical (unpaired) electrons. The van der Waals surface area contributed by atoms with Crippen LogP contribution in [0.15, 0.2) is 5.16 Å². The van der Waals surface area contributed by atoms with Gasteiger partial charge in [-0.15, -0.1) is 5.10 Å². The molecule has 0 fully saturated rings. The van der Waals surface area contributed by atoms with Gasteiger partial charge in [0.25, 0.3) is 0 Å². The zero-order valence-corrected chi connectivity index (χ0v) is 7.13. The van der Waals surface area contributed by atoms with Gasteiger partial charge >= 0.3 is 5.97 Å². The van der Waals surface area contributed by atoms with Crippen LogP contribution in [0, 0.1) is 0 Å². The number of thioether (sulfide) groups is 1. The molecule has 1 aromatic rings. The zero-order valence-electron chi connectivity index (χ0n) is 6.31. The molecule has 0 aliphatic heterocycles. The monoisotopic (exact) mass is 188 g/mol. The highest BCUT2D eigenvalue weighted by molar-refractivity contribution is 8.00. The van der Waals surface area contributed by atoms with Crippen molar-refractivity contribution in [3.63, 3.8) is 0 Å². The number of carbonyl (C=O) groups is 1. The Hall–Kier alpha value is -1.24. The maximum atomic E-state index is 10.4. The third kappa shape index (κ3) is 2.12. The van der Waals surface area contributed by atoms with Gasteiger partial charge in [0.2, 0.25) is 11.1 Å². The van der Waals surface area contributed by atoms with E-state index in [9.17, 15) is 4.79 Å². The highest BCUT2D eigenvalue weighted by atomic mass is 32.2. The van der Waals surface area contributed by atoms with Crippen LogP contribution >= 0.6 is 11.8 Å². The summed E-state index contributed by atoms with van der Waals surface area (Å²) in [6.45, 7) is 1.56. The van der Waals surface area contributed by atoms with E-state index in [1.807, 2.05) is 0 Å². The average Bonchev–Trinajstić information content (AvgIpc) is 2.35. The molecule has 0 saturated carbocycles. The number of rotatable bonds is 3. The number of nitrogens with two attached hydrogens (primary N) is 1. The molecule has 66 valence electrons. The number of nitrogens with one attached hydrogen (secondary N) is 1. The standard InChI is InChI=1S/C5H8N4O2S/c1-2(3(10)11)12-5-7-4(6)8-9-5/h2H,1H3,(H,10,11)(H3,6,7,8,9). The number of anilines is 1. The molecule has 7 heteroatoms. The Morgan fingerprint density at radius 2 is 2.50 bits per heavy atom. The van der Waals surface area contributed by atoms with Gasteiger partial charge in [0.05, 0.1) is 0 Å². The summed E-state index contributed by atoms with van der Waals surface area (Å²) in [7, 11) is 0. The molecule has 0 aliphatic carbocycles. The Morgan fingerprint density at radius 1 is 1.83 bits per heavy atom. The summed E-state index contributed by atoms with van der Waals surface area (Å²) in [5, 5.41) is 14.4. The van der Waals surface area contributed by atoms with Crippen LogP contribution in [0.3, 0.4) is 0 Å². The third-order valence-corrected chi connectivity index (χ3v) is 2.06. The van der Waals surface area contributed by atoms with Crippen molar-refractivity contribution in [3.05, 3.63) is 0 Å². The van der Waals surface area contributed by atoms with Crippen LogP contribution in [0.25, 0.3) is 0 Å². The minimum atomic E-state index is -0.900. The molecule has 12 heavy (non-hydrogen) atoms. The summed E-state index contributed by atoms with van der Waals surface area (Å²) in [6.07, 6.45) is 0. The van der Waals surface area contributed by atoms with Crippen molar-refractivity contribution in [3.8, 4) is 0 Å². The molecule has 0 aromatic carbocycles. The van der Waals surface area contributed by atoms with Crippen molar-refractivity contribution >= 4 is 23.7 Å². The second-order valence-electron chi connectivity index (χ2n) is 2.10. The number of hydrogen-bond donors (Lipinski definition) is 3. The minimum absolute atomic E-state index is 0.190. The largest absolute Gasteiger partial charge is 0.480 e. The Kier molecular flexibility index (Phi) is 2.54. The molecular formula is C5H8N4O2S. The fraction of sp³-hybridized carbons (Fsp3) is 0.400. The maximum Gasteiger partial charge on any atom is 0.316 e. The first-order valence-electron chi connectivity index (χ1n) is 3.17. The minimum Gasteiger partial charge on any atom is -0.480 e. The number of H-pyrrole nitrogens is 1. The van der Waals surface area contributed by atoms with Crippen LogP contribution < -0.4 is 5.73 Å². The van der Waals surface area contributed by atoms with E-state index in [2.05, 4.69) is 15.2 Å². The summed E-state index contributed by atoms with van der Waals surface area (Å²) in [5.74, 6) is -0.710. The lowest BCUT2D eigenvalue weighted by Crippen LogP contribution is -2.11. The number of carboxylic acid groups (broad SMARTS) is 1.